The second-order valence-corrected chi connectivity index (χ2v) is 11.6. The van der Waals surface area contributed by atoms with Gasteiger partial charge in [0.25, 0.3) is 0 Å². The SMILES string of the molecule is CCC/C(C)=C/CC/C(C)=C/CC/C(C)=C/CC/C(C)=C/CC/C(C)=C/Cc1c(C)c(OC)c(OC)c(OC)c1OC. The minimum atomic E-state index is 0.563. The zero-order valence-corrected chi connectivity index (χ0v) is 28.8. The number of methoxy groups -OCH3 is 4. The van der Waals surface area contributed by atoms with Crippen molar-refractivity contribution in [1.29, 1.82) is 0 Å². The average Bonchev–Trinajstić information content (AvgIpc) is 2.95. The van der Waals surface area contributed by atoms with E-state index in [9.17, 15) is 0 Å². The van der Waals surface area contributed by atoms with E-state index in [0.29, 0.717) is 23.0 Å². The fraction of sp³-hybridized carbons (Fsp3) is 0.579. The standard InChI is InChI=1S/C38H60O4/c1-12-17-28(2)18-13-19-29(3)20-14-21-30(4)22-15-23-31(5)24-16-25-32(6)26-27-34-33(7)35(39-8)37(41-10)38(42-11)36(34)40-9/h18,20,22,24,26H,12-17,19,21,23,25,27H2,1-11H3/b28-18+,29-20+,30-22+,31-24+,32-26+. The molecule has 4 nitrogen and oxygen atoms in total. The average molecular weight is 581 g/mol. The molecular formula is C38H60O4. The van der Waals surface area contributed by atoms with Gasteiger partial charge in [0.05, 0.1) is 28.4 Å². The van der Waals surface area contributed by atoms with Gasteiger partial charge < -0.3 is 18.9 Å². The lowest BCUT2D eigenvalue weighted by molar-refractivity contribution is 0.302. The largest absolute Gasteiger partial charge is 0.492 e. The normalized spacial score (nSPS) is 13.5. The van der Waals surface area contributed by atoms with Gasteiger partial charge in [0, 0.05) is 11.1 Å². The summed E-state index contributed by atoms with van der Waals surface area (Å²) in [5.41, 5.74) is 9.44. The van der Waals surface area contributed by atoms with Gasteiger partial charge in [-0.3, -0.25) is 0 Å². The van der Waals surface area contributed by atoms with Crippen LogP contribution in [0.15, 0.2) is 58.2 Å². The van der Waals surface area contributed by atoms with Crippen molar-refractivity contribution in [3.8, 4) is 23.0 Å². The molecule has 0 aliphatic heterocycles. The van der Waals surface area contributed by atoms with E-state index in [2.05, 4.69) is 71.9 Å². The topological polar surface area (TPSA) is 36.9 Å². The number of hydrogen-bond donors (Lipinski definition) is 0. The number of benzene rings is 1. The Bertz CT molecular complexity index is 1110. The molecule has 0 N–H and O–H groups in total. The van der Waals surface area contributed by atoms with Crippen LogP contribution < -0.4 is 18.9 Å². The first-order valence-corrected chi connectivity index (χ1v) is 15.8. The molecule has 0 atom stereocenters. The highest BCUT2D eigenvalue weighted by molar-refractivity contribution is 5.67. The maximum absolute atomic E-state index is 5.74. The van der Waals surface area contributed by atoms with Crippen LogP contribution in [0.3, 0.4) is 0 Å². The van der Waals surface area contributed by atoms with E-state index in [1.807, 2.05) is 6.92 Å². The van der Waals surface area contributed by atoms with Crippen molar-refractivity contribution in [1.82, 2.24) is 0 Å². The maximum atomic E-state index is 5.74. The molecule has 1 aromatic carbocycles. The van der Waals surface area contributed by atoms with E-state index in [1.165, 1.54) is 53.5 Å². The van der Waals surface area contributed by atoms with Crippen molar-refractivity contribution in [2.45, 2.75) is 119 Å². The second-order valence-electron chi connectivity index (χ2n) is 11.6. The lowest BCUT2D eigenvalue weighted by atomic mass is 9.99. The van der Waals surface area contributed by atoms with Gasteiger partial charge in [0.15, 0.2) is 11.5 Å². The molecule has 0 unspecified atom stereocenters. The summed E-state index contributed by atoms with van der Waals surface area (Å²) in [6.45, 7) is 15.6. The Morgan fingerprint density at radius 3 is 1.17 bits per heavy atom. The monoisotopic (exact) mass is 580 g/mol. The van der Waals surface area contributed by atoms with Gasteiger partial charge in [-0.15, -0.1) is 0 Å². The third-order valence-corrected chi connectivity index (χ3v) is 7.93. The first-order valence-electron chi connectivity index (χ1n) is 15.8. The summed E-state index contributed by atoms with van der Waals surface area (Å²) < 4.78 is 22.6. The van der Waals surface area contributed by atoms with Crippen LogP contribution in [0.2, 0.25) is 0 Å². The first kappa shape index (κ1) is 37.1. The minimum absolute atomic E-state index is 0.563. The smallest absolute Gasteiger partial charge is 0.207 e. The van der Waals surface area contributed by atoms with E-state index in [-0.39, 0.29) is 0 Å². The molecule has 0 heterocycles. The van der Waals surface area contributed by atoms with Gasteiger partial charge in [-0.05, 0) is 106 Å². The summed E-state index contributed by atoms with van der Waals surface area (Å²) in [6, 6.07) is 0. The quantitative estimate of drug-likeness (QED) is 0.144. The van der Waals surface area contributed by atoms with Gasteiger partial charge in [-0.25, -0.2) is 0 Å². The van der Waals surface area contributed by atoms with Crippen LogP contribution >= 0.6 is 0 Å². The molecule has 236 valence electrons. The molecule has 0 aliphatic rings. The zero-order chi connectivity index (χ0) is 31.5. The van der Waals surface area contributed by atoms with Gasteiger partial charge in [-0.2, -0.15) is 0 Å². The van der Waals surface area contributed by atoms with Crippen molar-refractivity contribution >= 4 is 0 Å². The van der Waals surface area contributed by atoms with E-state index in [4.69, 9.17) is 18.9 Å². The Morgan fingerprint density at radius 1 is 0.476 bits per heavy atom. The van der Waals surface area contributed by atoms with Crippen LogP contribution in [0, 0.1) is 6.92 Å². The summed E-state index contributed by atoms with van der Waals surface area (Å²) >= 11 is 0. The first-order chi connectivity index (χ1) is 20.1. The highest BCUT2D eigenvalue weighted by Gasteiger charge is 2.24. The molecule has 0 fully saturated rings. The molecule has 0 aromatic heterocycles. The van der Waals surface area contributed by atoms with Gasteiger partial charge in [0.1, 0.15) is 0 Å². The highest BCUT2D eigenvalue weighted by Crippen LogP contribution is 2.49. The molecule has 1 rings (SSSR count). The van der Waals surface area contributed by atoms with E-state index >= 15 is 0 Å². The Hall–Kier alpha value is -2.88. The molecular weight excluding hydrogens is 520 g/mol. The molecule has 0 amide bonds. The van der Waals surface area contributed by atoms with E-state index < -0.39 is 0 Å². The molecule has 42 heavy (non-hydrogen) atoms. The summed E-state index contributed by atoms with van der Waals surface area (Å²) in [5, 5.41) is 0. The summed E-state index contributed by atoms with van der Waals surface area (Å²) in [4.78, 5) is 0. The summed E-state index contributed by atoms with van der Waals surface area (Å²) in [7, 11) is 6.57. The minimum Gasteiger partial charge on any atom is -0.492 e. The van der Waals surface area contributed by atoms with Crippen LogP contribution in [0.1, 0.15) is 117 Å². The Kier molecular flexibility index (Phi) is 18.5. The number of allylic oxidation sites excluding steroid dienone is 10. The molecule has 0 bridgehead atoms. The molecule has 0 aliphatic carbocycles. The van der Waals surface area contributed by atoms with Crippen LogP contribution in [0.5, 0.6) is 23.0 Å². The predicted octanol–water partition coefficient (Wildman–Crippen LogP) is 11.2. The fourth-order valence-corrected chi connectivity index (χ4v) is 5.27. The molecule has 4 heteroatoms. The lowest BCUT2D eigenvalue weighted by Gasteiger charge is -2.21. The highest BCUT2D eigenvalue weighted by atomic mass is 16.5. The van der Waals surface area contributed by atoms with Crippen molar-refractivity contribution < 1.29 is 18.9 Å². The summed E-state index contributed by atoms with van der Waals surface area (Å²) in [5.74, 6) is 2.52. The van der Waals surface area contributed by atoms with Crippen molar-refractivity contribution in [2.75, 3.05) is 28.4 Å². The second kappa shape index (κ2) is 20.9. The van der Waals surface area contributed by atoms with Crippen molar-refractivity contribution in [3.05, 3.63) is 69.4 Å². The van der Waals surface area contributed by atoms with Crippen LogP contribution in [-0.4, -0.2) is 28.4 Å². The predicted molar refractivity (Wildman–Crippen MR) is 182 cm³/mol. The Balaban J connectivity index is 2.58. The number of rotatable bonds is 20. The number of ether oxygens (including phenoxy) is 4. The van der Waals surface area contributed by atoms with Gasteiger partial charge >= 0.3 is 0 Å². The Morgan fingerprint density at radius 2 is 0.810 bits per heavy atom. The summed E-state index contributed by atoms with van der Waals surface area (Å²) in [6.07, 6.45) is 24.2. The van der Waals surface area contributed by atoms with Crippen molar-refractivity contribution in [3.63, 3.8) is 0 Å². The van der Waals surface area contributed by atoms with Crippen LogP contribution in [0.4, 0.5) is 0 Å². The van der Waals surface area contributed by atoms with Crippen molar-refractivity contribution in [2.24, 2.45) is 0 Å². The van der Waals surface area contributed by atoms with Gasteiger partial charge in [0.2, 0.25) is 11.5 Å². The maximum Gasteiger partial charge on any atom is 0.207 e. The lowest BCUT2D eigenvalue weighted by Crippen LogP contribution is -2.04. The van der Waals surface area contributed by atoms with E-state index in [0.717, 1.165) is 56.1 Å². The molecule has 0 saturated carbocycles. The third kappa shape index (κ3) is 13.0. The fourth-order valence-electron chi connectivity index (χ4n) is 5.27. The molecule has 0 saturated heterocycles. The molecule has 0 spiro atoms. The molecule has 0 radical (unpaired) electrons. The number of hydrogen-bond acceptors (Lipinski definition) is 4. The zero-order valence-electron chi connectivity index (χ0n) is 28.8. The Labute approximate surface area is 258 Å². The third-order valence-electron chi connectivity index (χ3n) is 7.93. The van der Waals surface area contributed by atoms with Crippen LogP contribution in [-0.2, 0) is 6.42 Å². The van der Waals surface area contributed by atoms with Crippen LogP contribution in [0.25, 0.3) is 0 Å². The molecule has 1 aromatic rings. The van der Waals surface area contributed by atoms with Gasteiger partial charge in [-0.1, -0.05) is 71.6 Å². The van der Waals surface area contributed by atoms with E-state index in [1.54, 1.807) is 28.4 Å².